The van der Waals surface area contributed by atoms with Gasteiger partial charge in [0.1, 0.15) is 5.15 Å². The molecular formula is C22H18ClNO3. The van der Waals surface area contributed by atoms with Crippen molar-refractivity contribution in [1.82, 2.24) is 4.98 Å². The van der Waals surface area contributed by atoms with E-state index in [1.165, 1.54) is 12.3 Å². The van der Waals surface area contributed by atoms with Gasteiger partial charge in [-0.25, -0.2) is 9.78 Å². The third-order valence-electron chi connectivity index (χ3n) is 4.16. The van der Waals surface area contributed by atoms with Gasteiger partial charge >= 0.3 is 5.97 Å². The number of carbonyl (C=O) groups is 2. The fourth-order valence-electron chi connectivity index (χ4n) is 2.59. The van der Waals surface area contributed by atoms with E-state index in [0.29, 0.717) is 11.1 Å². The molecule has 0 aliphatic heterocycles. The molecule has 4 nitrogen and oxygen atoms in total. The lowest BCUT2D eigenvalue weighted by molar-refractivity contribution is 0.0280. The summed E-state index contributed by atoms with van der Waals surface area (Å²) in [6.07, 6.45) is 0.408. The zero-order valence-electron chi connectivity index (χ0n) is 15.0. The van der Waals surface area contributed by atoms with Crippen LogP contribution in [0.3, 0.4) is 0 Å². The predicted molar refractivity (Wildman–Crippen MR) is 104 cm³/mol. The van der Waals surface area contributed by atoms with E-state index in [0.717, 1.165) is 11.1 Å². The Labute approximate surface area is 162 Å². The van der Waals surface area contributed by atoms with Crippen molar-refractivity contribution >= 4 is 23.4 Å². The lowest BCUT2D eigenvalue weighted by Crippen LogP contribution is -2.20. The van der Waals surface area contributed by atoms with Crippen LogP contribution in [-0.4, -0.2) is 16.7 Å². The number of hydrogen-bond acceptors (Lipinski definition) is 4. The zero-order valence-corrected chi connectivity index (χ0v) is 15.7. The number of nitrogens with zero attached hydrogens (tertiary/aromatic N) is 1. The van der Waals surface area contributed by atoms with Crippen LogP contribution in [0.5, 0.6) is 0 Å². The molecule has 2 aromatic carbocycles. The molecular weight excluding hydrogens is 362 g/mol. The fraction of sp³-hybridized carbons (Fsp3) is 0.136. The van der Waals surface area contributed by atoms with Crippen LogP contribution in [0.15, 0.2) is 66.9 Å². The lowest BCUT2D eigenvalue weighted by Gasteiger charge is -2.18. The van der Waals surface area contributed by atoms with Gasteiger partial charge in [0.15, 0.2) is 6.10 Å². The molecule has 0 radical (unpaired) electrons. The maximum absolute atomic E-state index is 13.1. The van der Waals surface area contributed by atoms with Crippen LogP contribution in [0, 0.1) is 13.8 Å². The third-order valence-corrected chi connectivity index (χ3v) is 4.46. The smallest absolute Gasteiger partial charge is 0.342 e. The summed E-state index contributed by atoms with van der Waals surface area (Å²) < 4.78 is 5.58. The maximum atomic E-state index is 13.1. The highest BCUT2D eigenvalue weighted by molar-refractivity contribution is 6.32. The number of rotatable bonds is 5. The summed E-state index contributed by atoms with van der Waals surface area (Å²) in [5.41, 5.74) is 3.27. The number of halogens is 1. The molecule has 1 atom stereocenters. The van der Waals surface area contributed by atoms with Crippen molar-refractivity contribution in [2.75, 3.05) is 0 Å². The Morgan fingerprint density at radius 1 is 0.926 bits per heavy atom. The van der Waals surface area contributed by atoms with Crippen LogP contribution in [0.2, 0.25) is 5.15 Å². The molecule has 0 spiro atoms. The summed E-state index contributed by atoms with van der Waals surface area (Å²) in [7, 11) is 0. The highest BCUT2D eigenvalue weighted by Crippen LogP contribution is 2.26. The first-order valence-corrected chi connectivity index (χ1v) is 8.82. The molecule has 0 aliphatic rings. The Morgan fingerprint density at radius 3 is 2.11 bits per heavy atom. The van der Waals surface area contributed by atoms with Gasteiger partial charge in [0.25, 0.3) is 0 Å². The number of pyridine rings is 1. The Bertz CT molecular complexity index is 966. The number of benzene rings is 2. The minimum Gasteiger partial charge on any atom is -0.445 e. The first-order valence-electron chi connectivity index (χ1n) is 8.44. The highest BCUT2D eigenvalue weighted by Gasteiger charge is 2.27. The standard InChI is InChI=1S/C22H18ClNO3/c1-14-5-9-16(10-6-14)19(25)20(17-11-7-15(2)8-12-17)27-22(26)18-4-3-13-24-21(18)23/h3-13,20H,1-2H3/t20-/m1/s1. The number of ketones is 1. The third kappa shape index (κ3) is 4.41. The number of Topliss-reactive ketones (excluding diaryl/α,β-unsaturated/α-hetero) is 1. The highest BCUT2D eigenvalue weighted by atomic mass is 35.5. The summed E-state index contributed by atoms with van der Waals surface area (Å²) >= 11 is 5.99. The second-order valence-corrected chi connectivity index (χ2v) is 6.63. The Hall–Kier alpha value is -2.98. The van der Waals surface area contributed by atoms with Crippen LogP contribution in [0.1, 0.15) is 43.5 Å². The van der Waals surface area contributed by atoms with Gasteiger partial charge in [0.05, 0.1) is 5.56 Å². The van der Waals surface area contributed by atoms with Gasteiger partial charge in [0.2, 0.25) is 5.78 Å². The number of aryl methyl sites for hydroxylation is 2. The average Bonchev–Trinajstić information content (AvgIpc) is 2.67. The molecule has 3 aromatic rings. The van der Waals surface area contributed by atoms with Gasteiger partial charge in [-0.3, -0.25) is 4.79 Å². The van der Waals surface area contributed by atoms with Crippen molar-refractivity contribution < 1.29 is 14.3 Å². The van der Waals surface area contributed by atoms with Gasteiger partial charge < -0.3 is 4.74 Å². The summed E-state index contributed by atoms with van der Waals surface area (Å²) in [6.45, 7) is 3.89. The van der Waals surface area contributed by atoms with Crippen molar-refractivity contribution in [2.24, 2.45) is 0 Å². The zero-order chi connectivity index (χ0) is 19.4. The molecule has 1 heterocycles. The molecule has 0 bridgehead atoms. The Kier molecular flexibility index (Phi) is 5.67. The molecule has 0 saturated carbocycles. The minimum atomic E-state index is -1.07. The summed E-state index contributed by atoms with van der Waals surface area (Å²) in [6, 6.07) is 17.6. The first-order chi connectivity index (χ1) is 13.0. The van der Waals surface area contributed by atoms with Crippen molar-refractivity contribution in [3.8, 4) is 0 Å². The van der Waals surface area contributed by atoms with Gasteiger partial charge in [-0.15, -0.1) is 0 Å². The predicted octanol–water partition coefficient (Wildman–Crippen LogP) is 5.13. The first kappa shape index (κ1) is 18.8. The van der Waals surface area contributed by atoms with Crippen molar-refractivity contribution in [3.63, 3.8) is 0 Å². The molecule has 3 rings (SSSR count). The Morgan fingerprint density at radius 2 is 1.52 bits per heavy atom. The van der Waals surface area contributed by atoms with Gasteiger partial charge in [-0.05, 0) is 26.0 Å². The van der Waals surface area contributed by atoms with Crippen molar-refractivity contribution in [3.05, 3.63) is 99.8 Å². The lowest BCUT2D eigenvalue weighted by atomic mass is 9.98. The maximum Gasteiger partial charge on any atom is 0.342 e. The molecule has 0 unspecified atom stereocenters. The van der Waals surface area contributed by atoms with E-state index in [4.69, 9.17) is 16.3 Å². The number of hydrogen-bond donors (Lipinski definition) is 0. The van der Waals surface area contributed by atoms with Crippen molar-refractivity contribution in [1.29, 1.82) is 0 Å². The van der Waals surface area contributed by atoms with Crippen LogP contribution < -0.4 is 0 Å². The average molecular weight is 380 g/mol. The molecule has 0 saturated heterocycles. The molecule has 5 heteroatoms. The second-order valence-electron chi connectivity index (χ2n) is 6.27. The number of carbonyl (C=O) groups excluding carboxylic acids is 2. The number of ether oxygens (including phenoxy) is 1. The number of aromatic nitrogens is 1. The molecule has 1 aromatic heterocycles. The van der Waals surface area contributed by atoms with Crippen LogP contribution in [0.25, 0.3) is 0 Å². The van der Waals surface area contributed by atoms with Crippen LogP contribution >= 0.6 is 11.6 Å². The normalized spacial score (nSPS) is 11.7. The summed E-state index contributed by atoms with van der Waals surface area (Å²) in [5, 5.41) is 0.0351. The monoisotopic (exact) mass is 379 g/mol. The van der Waals surface area contributed by atoms with E-state index in [9.17, 15) is 9.59 Å². The minimum absolute atomic E-state index is 0.0351. The fourth-order valence-corrected chi connectivity index (χ4v) is 2.79. The van der Waals surface area contributed by atoms with Gasteiger partial charge in [-0.1, -0.05) is 71.3 Å². The van der Waals surface area contributed by atoms with E-state index in [1.54, 1.807) is 30.3 Å². The molecule has 0 fully saturated rings. The molecule has 0 amide bonds. The number of esters is 1. The van der Waals surface area contributed by atoms with E-state index >= 15 is 0 Å². The van der Waals surface area contributed by atoms with E-state index in [1.807, 2.05) is 38.1 Å². The quantitative estimate of drug-likeness (QED) is 0.350. The SMILES string of the molecule is Cc1ccc(C(=O)[C@H](OC(=O)c2cccnc2Cl)c2ccc(C)cc2)cc1. The van der Waals surface area contributed by atoms with E-state index in [2.05, 4.69) is 4.98 Å². The molecule has 27 heavy (non-hydrogen) atoms. The second kappa shape index (κ2) is 8.14. The van der Waals surface area contributed by atoms with Crippen LogP contribution in [0.4, 0.5) is 0 Å². The Balaban J connectivity index is 1.96. The van der Waals surface area contributed by atoms with Gasteiger partial charge in [-0.2, -0.15) is 0 Å². The van der Waals surface area contributed by atoms with Crippen LogP contribution in [-0.2, 0) is 4.74 Å². The van der Waals surface area contributed by atoms with E-state index < -0.39 is 12.1 Å². The summed E-state index contributed by atoms with van der Waals surface area (Å²) in [4.78, 5) is 29.6. The van der Waals surface area contributed by atoms with E-state index in [-0.39, 0.29) is 16.5 Å². The molecule has 136 valence electrons. The molecule has 0 aliphatic carbocycles. The van der Waals surface area contributed by atoms with Crippen molar-refractivity contribution in [2.45, 2.75) is 20.0 Å². The van der Waals surface area contributed by atoms with Gasteiger partial charge in [0, 0.05) is 17.3 Å². The molecule has 0 N–H and O–H groups in total. The topological polar surface area (TPSA) is 56.3 Å². The largest absolute Gasteiger partial charge is 0.445 e. The summed E-state index contributed by atoms with van der Waals surface area (Å²) in [5.74, 6) is -0.994.